The molecule has 0 unspecified atom stereocenters. The molecule has 0 atom stereocenters. The van der Waals surface area contributed by atoms with Crippen molar-refractivity contribution < 1.29 is 9.90 Å². The van der Waals surface area contributed by atoms with Gasteiger partial charge < -0.3 is 10.0 Å². The van der Waals surface area contributed by atoms with E-state index in [-0.39, 0.29) is 6.42 Å². The van der Waals surface area contributed by atoms with Gasteiger partial charge in [0.05, 0.1) is 6.42 Å². The average Bonchev–Trinajstić information content (AvgIpc) is 3.24. The first-order chi connectivity index (χ1) is 9.66. The molecule has 0 bridgehead atoms. The van der Waals surface area contributed by atoms with E-state index in [0.29, 0.717) is 12.6 Å². The number of aliphatic carboxylic acids is 1. The normalized spacial score (nSPS) is 14.4. The van der Waals surface area contributed by atoms with Crippen LogP contribution in [0.5, 0.6) is 0 Å². The second-order valence-corrected chi connectivity index (χ2v) is 5.89. The Hall–Kier alpha value is -1.62. The predicted octanol–water partition coefficient (Wildman–Crippen LogP) is 3.44. The highest BCUT2D eigenvalue weighted by molar-refractivity contribution is 9.10. The largest absolute Gasteiger partial charge is 0.481 e. The van der Waals surface area contributed by atoms with Crippen LogP contribution in [0, 0.1) is 0 Å². The van der Waals surface area contributed by atoms with E-state index in [0.717, 1.165) is 33.9 Å². The molecule has 1 aromatic heterocycles. The van der Waals surface area contributed by atoms with Crippen molar-refractivity contribution in [2.45, 2.75) is 25.3 Å². The summed E-state index contributed by atoms with van der Waals surface area (Å²) >= 11 is 3.55. The Morgan fingerprint density at radius 1 is 1.35 bits per heavy atom. The molecule has 0 spiro atoms. The molecular weight excluding hydrogens is 320 g/mol. The van der Waals surface area contributed by atoms with Gasteiger partial charge in [0.2, 0.25) is 0 Å². The summed E-state index contributed by atoms with van der Waals surface area (Å²) < 4.78 is 1.03. The maximum Gasteiger partial charge on any atom is 0.305 e. The maximum absolute atomic E-state index is 10.8. The number of benzene rings is 1. The third-order valence-corrected chi connectivity index (χ3v) is 4.25. The fraction of sp³-hybridized carbons (Fsp3) is 0.333. The van der Waals surface area contributed by atoms with Crippen LogP contribution in [-0.4, -0.2) is 28.6 Å². The lowest BCUT2D eigenvalue weighted by Gasteiger charge is -2.24. The highest BCUT2D eigenvalue weighted by atomic mass is 79.9. The van der Waals surface area contributed by atoms with Crippen molar-refractivity contribution in [1.82, 2.24) is 4.98 Å². The average molecular weight is 335 g/mol. The topological polar surface area (TPSA) is 53.4 Å². The summed E-state index contributed by atoms with van der Waals surface area (Å²) in [5, 5.41) is 11.1. The molecule has 0 saturated heterocycles. The lowest BCUT2D eigenvalue weighted by atomic mass is 10.1. The molecule has 20 heavy (non-hydrogen) atoms. The van der Waals surface area contributed by atoms with E-state index in [2.05, 4.69) is 25.8 Å². The zero-order valence-corrected chi connectivity index (χ0v) is 12.5. The number of carboxylic acid groups (broad SMARTS) is 1. The number of anilines is 1. The van der Waals surface area contributed by atoms with Crippen molar-refractivity contribution in [3.63, 3.8) is 0 Å². The van der Waals surface area contributed by atoms with E-state index in [1.165, 1.54) is 0 Å². The van der Waals surface area contributed by atoms with Crippen molar-refractivity contribution in [3.05, 3.63) is 34.9 Å². The van der Waals surface area contributed by atoms with Crippen LogP contribution >= 0.6 is 15.9 Å². The van der Waals surface area contributed by atoms with Gasteiger partial charge in [-0.25, -0.2) is 4.98 Å². The molecule has 0 amide bonds. The molecule has 2 aromatic rings. The first kappa shape index (κ1) is 13.4. The Bertz CT molecular complexity index is 655. The Morgan fingerprint density at radius 2 is 2.15 bits per heavy atom. The van der Waals surface area contributed by atoms with Crippen LogP contribution in [-0.2, 0) is 4.79 Å². The van der Waals surface area contributed by atoms with Crippen LogP contribution in [0.2, 0.25) is 0 Å². The zero-order chi connectivity index (χ0) is 14.1. The minimum absolute atomic E-state index is 0.141. The van der Waals surface area contributed by atoms with Gasteiger partial charge in [0, 0.05) is 34.0 Å². The van der Waals surface area contributed by atoms with Gasteiger partial charge in [-0.2, -0.15) is 0 Å². The number of nitrogens with zero attached hydrogens (tertiary/aromatic N) is 2. The van der Waals surface area contributed by atoms with Crippen molar-refractivity contribution >= 4 is 38.5 Å². The van der Waals surface area contributed by atoms with Gasteiger partial charge in [-0.05, 0) is 25.0 Å². The third kappa shape index (κ3) is 2.63. The summed E-state index contributed by atoms with van der Waals surface area (Å²) in [4.78, 5) is 17.5. The number of aromatic nitrogens is 1. The van der Waals surface area contributed by atoms with Crippen LogP contribution in [0.4, 0.5) is 5.82 Å². The molecule has 1 aromatic carbocycles. The first-order valence-electron chi connectivity index (χ1n) is 6.68. The van der Waals surface area contributed by atoms with E-state index in [1.54, 1.807) is 6.20 Å². The second kappa shape index (κ2) is 5.40. The fourth-order valence-corrected chi connectivity index (χ4v) is 2.94. The number of fused-ring (bicyclic) bond motifs is 1. The number of pyridine rings is 1. The lowest BCUT2D eigenvalue weighted by molar-refractivity contribution is -0.136. The van der Waals surface area contributed by atoms with Gasteiger partial charge >= 0.3 is 5.97 Å². The highest BCUT2D eigenvalue weighted by Gasteiger charge is 2.31. The van der Waals surface area contributed by atoms with Gasteiger partial charge in [-0.15, -0.1) is 0 Å². The zero-order valence-electron chi connectivity index (χ0n) is 10.9. The summed E-state index contributed by atoms with van der Waals surface area (Å²) in [6, 6.07) is 8.44. The van der Waals surface area contributed by atoms with Gasteiger partial charge in [0.25, 0.3) is 0 Å². The van der Waals surface area contributed by atoms with E-state index in [1.807, 2.05) is 24.3 Å². The van der Waals surface area contributed by atoms with Crippen molar-refractivity contribution in [2.75, 3.05) is 11.4 Å². The van der Waals surface area contributed by atoms with E-state index in [9.17, 15) is 4.79 Å². The number of rotatable bonds is 5. The molecule has 5 heteroatoms. The minimum atomic E-state index is -0.767. The lowest BCUT2D eigenvalue weighted by Crippen LogP contribution is -2.29. The molecule has 1 aliphatic rings. The molecular formula is C15H15BrN2O2. The summed E-state index contributed by atoms with van der Waals surface area (Å²) in [7, 11) is 0. The number of hydrogen-bond donors (Lipinski definition) is 1. The molecule has 1 saturated carbocycles. The van der Waals surface area contributed by atoms with Crippen LogP contribution in [0.3, 0.4) is 0 Å². The first-order valence-corrected chi connectivity index (χ1v) is 7.48. The molecule has 1 aliphatic carbocycles. The van der Waals surface area contributed by atoms with Crippen LogP contribution < -0.4 is 4.90 Å². The van der Waals surface area contributed by atoms with Gasteiger partial charge in [-0.1, -0.05) is 28.1 Å². The number of carboxylic acids is 1. The van der Waals surface area contributed by atoms with Crippen LogP contribution in [0.15, 0.2) is 34.9 Å². The predicted molar refractivity (Wildman–Crippen MR) is 82.1 cm³/mol. The monoisotopic (exact) mass is 334 g/mol. The molecule has 0 radical (unpaired) electrons. The standard InChI is InChI=1S/C15H15BrN2O2/c16-13-3-1-2-12-11(13)6-8-17-15(12)18(10-4-5-10)9-7-14(19)20/h1-3,6,8,10H,4-5,7,9H2,(H,19,20). The van der Waals surface area contributed by atoms with Crippen molar-refractivity contribution in [2.24, 2.45) is 0 Å². The second-order valence-electron chi connectivity index (χ2n) is 5.04. The summed E-state index contributed by atoms with van der Waals surface area (Å²) in [6.45, 7) is 0.513. The molecule has 1 N–H and O–H groups in total. The smallest absolute Gasteiger partial charge is 0.305 e. The highest BCUT2D eigenvalue weighted by Crippen LogP contribution is 2.36. The van der Waals surface area contributed by atoms with Crippen molar-refractivity contribution in [1.29, 1.82) is 0 Å². The molecule has 4 nitrogen and oxygen atoms in total. The van der Waals surface area contributed by atoms with Crippen LogP contribution in [0.1, 0.15) is 19.3 Å². The number of hydrogen-bond acceptors (Lipinski definition) is 3. The van der Waals surface area contributed by atoms with Gasteiger partial charge in [0.15, 0.2) is 0 Å². The van der Waals surface area contributed by atoms with Crippen molar-refractivity contribution in [3.8, 4) is 0 Å². The minimum Gasteiger partial charge on any atom is -0.481 e. The van der Waals surface area contributed by atoms with Gasteiger partial charge in [0.1, 0.15) is 5.82 Å². The van der Waals surface area contributed by atoms with Gasteiger partial charge in [-0.3, -0.25) is 4.79 Å². The maximum atomic E-state index is 10.8. The van der Waals surface area contributed by atoms with E-state index in [4.69, 9.17) is 5.11 Å². The Balaban J connectivity index is 2.02. The molecule has 0 aliphatic heterocycles. The Kier molecular flexibility index (Phi) is 3.61. The Labute approximate surface area is 125 Å². The number of carbonyl (C=O) groups is 1. The molecule has 3 rings (SSSR count). The van der Waals surface area contributed by atoms with E-state index < -0.39 is 5.97 Å². The quantitative estimate of drug-likeness (QED) is 0.909. The SMILES string of the molecule is O=C(O)CCN(c1nccc2c(Br)cccc12)C1CC1. The summed E-state index contributed by atoms with van der Waals surface area (Å²) in [5.74, 6) is 0.129. The molecule has 1 fully saturated rings. The molecule has 1 heterocycles. The Morgan fingerprint density at radius 3 is 2.85 bits per heavy atom. The fourth-order valence-electron chi connectivity index (χ4n) is 2.45. The van der Waals surface area contributed by atoms with E-state index >= 15 is 0 Å². The molecule has 104 valence electrons. The third-order valence-electron chi connectivity index (χ3n) is 3.56. The van der Waals surface area contributed by atoms with Crippen LogP contribution in [0.25, 0.3) is 10.8 Å². The summed E-state index contributed by atoms with van der Waals surface area (Å²) in [5.41, 5.74) is 0. The summed E-state index contributed by atoms with van der Waals surface area (Å²) in [6.07, 6.45) is 4.17. The number of halogens is 1.